The smallest absolute Gasteiger partial charge is 0.246 e. The van der Waals surface area contributed by atoms with Gasteiger partial charge in [-0.15, -0.1) is 10.2 Å². The number of halogens is 1. The Bertz CT molecular complexity index is 719. The second-order valence-electron chi connectivity index (χ2n) is 7.15. The monoisotopic (exact) mass is 331 g/mol. The highest BCUT2D eigenvalue weighted by Gasteiger charge is 2.49. The first kappa shape index (κ1) is 15.7. The Hall–Kier alpha value is -1.79. The van der Waals surface area contributed by atoms with Crippen LogP contribution < -0.4 is 0 Å². The topological polar surface area (TPSA) is 51.4 Å². The molecule has 1 aromatic carbocycles. The second-order valence-corrected chi connectivity index (χ2v) is 7.15. The molecule has 24 heavy (non-hydrogen) atoms. The first-order chi connectivity index (χ1) is 11.6. The molecule has 2 fully saturated rings. The second kappa shape index (κ2) is 5.93. The van der Waals surface area contributed by atoms with Crippen LogP contribution in [0.25, 0.3) is 0 Å². The Kier molecular flexibility index (Phi) is 3.89. The molecule has 4 rings (SSSR count). The number of rotatable bonds is 4. The van der Waals surface area contributed by atoms with Crippen LogP contribution in [0.3, 0.4) is 0 Å². The Balaban J connectivity index is 1.53. The van der Waals surface area contributed by atoms with Crippen LogP contribution in [0.5, 0.6) is 0 Å². The van der Waals surface area contributed by atoms with Gasteiger partial charge in [-0.3, -0.25) is 0 Å². The molecule has 0 bridgehead atoms. The highest BCUT2D eigenvalue weighted by Crippen LogP contribution is 2.50. The van der Waals surface area contributed by atoms with Gasteiger partial charge in [0.1, 0.15) is 11.9 Å². The van der Waals surface area contributed by atoms with Crippen LogP contribution in [0.1, 0.15) is 43.2 Å². The molecule has 2 heterocycles. The number of hydrogen-bond donors (Lipinski definition) is 0. The van der Waals surface area contributed by atoms with Gasteiger partial charge in [-0.1, -0.05) is 18.2 Å². The van der Waals surface area contributed by atoms with Gasteiger partial charge in [-0.25, -0.2) is 4.39 Å². The molecule has 0 radical (unpaired) electrons. The van der Waals surface area contributed by atoms with Gasteiger partial charge in [0, 0.05) is 13.1 Å². The summed E-state index contributed by atoms with van der Waals surface area (Å²) in [7, 11) is 2.06. The van der Waals surface area contributed by atoms with E-state index < -0.39 is 0 Å². The molecule has 0 N–H and O–H groups in total. The number of likely N-dealkylation sites (N-methyl/N-ethyl adjacent to an activating group) is 1. The van der Waals surface area contributed by atoms with E-state index in [1.807, 2.05) is 19.1 Å². The molecule has 1 saturated carbocycles. The molecule has 2 atom stereocenters. The van der Waals surface area contributed by atoms with Crippen LogP contribution in [-0.4, -0.2) is 41.3 Å². The lowest BCUT2D eigenvalue weighted by atomic mass is 9.96. The molecule has 1 aromatic heterocycles. The molecule has 0 amide bonds. The summed E-state index contributed by atoms with van der Waals surface area (Å²) in [6.07, 6.45) is 2.44. The highest BCUT2D eigenvalue weighted by atomic mass is 19.1. The van der Waals surface area contributed by atoms with E-state index in [0.717, 1.165) is 25.9 Å². The van der Waals surface area contributed by atoms with Crippen LogP contribution >= 0.6 is 0 Å². The van der Waals surface area contributed by atoms with Crippen LogP contribution in [0, 0.1) is 5.82 Å². The number of aromatic nitrogens is 2. The maximum absolute atomic E-state index is 14.0. The Morgan fingerprint density at radius 2 is 2.04 bits per heavy atom. The molecule has 5 nitrogen and oxygen atoms in total. The summed E-state index contributed by atoms with van der Waals surface area (Å²) in [6.45, 7) is 3.68. The molecule has 1 aliphatic heterocycles. The maximum atomic E-state index is 14.0. The Morgan fingerprint density at radius 3 is 2.75 bits per heavy atom. The zero-order valence-electron chi connectivity index (χ0n) is 14.0. The van der Waals surface area contributed by atoms with Crippen LogP contribution in [0.4, 0.5) is 4.39 Å². The molecular weight excluding hydrogens is 309 g/mol. The maximum Gasteiger partial charge on any atom is 0.246 e. The van der Waals surface area contributed by atoms with E-state index in [1.54, 1.807) is 6.07 Å². The van der Waals surface area contributed by atoms with Crippen molar-refractivity contribution in [1.82, 2.24) is 15.1 Å². The number of morpholine rings is 1. The summed E-state index contributed by atoms with van der Waals surface area (Å²) >= 11 is 0. The lowest BCUT2D eigenvalue weighted by Crippen LogP contribution is -2.40. The van der Waals surface area contributed by atoms with E-state index in [-0.39, 0.29) is 23.4 Å². The van der Waals surface area contributed by atoms with Crippen molar-refractivity contribution >= 4 is 0 Å². The lowest BCUT2D eigenvalue weighted by molar-refractivity contribution is -0.0827. The fourth-order valence-electron chi connectivity index (χ4n) is 3.50. The molecule has 2 aliphatic rings. The van der Waals surface area contributed by atoms with E-state index in [2.05, 4.69) is 22.1 Å². The van der Waals surface area contributed by atoms with Crippen molar-refractivity contribution in [3.05, 3.63) is 47.4 Å². The van der Waals surface area contributed by atoms with Crippen molar-refractivity contribution < 1.29 is 13.5 Å². The summed E-state index contributed by atoms with van der Waals surface area (Å²) in [6, 6.07) is 6.90. The molecule has 128 valence electrons. The van der Waals surface area contributed by atoms with E-state index in [0.29, 0.717) is 23.8 Å². The standard InChI is InChI=1S/C18H22FN3O2/c1-12-10-22(2)11-15(23-12)16-20-21-17(24-16)18(7-8-18)9-13-5-3-4-6-14(13)19/h3-6,12,15H,7-11H2,1-2H3/t12-,15-/m1/s1. The normalized spacial score (nSPS) is 26.5. The van der Waals surface area contributed by atoms with Gasteiger partial charge < -0.3 is 14.1 Å². The van der Waals surface area contributed by atoms with E-state index in [9.17, 15) is 4.39 Å². The number of hydrogen-bond acceptors (Lipinski definition) is 5. The minimum absolute atomic E-state index is 0.136. The van der Waals surface area contributed by atoms with Gasteiger partial charge in [0.05, 0.1) is 11.5 Å². The minimum atomic E-state index is -0.209. The third kappa shape index (κ3) is 2.96. The van der Waals surface area contributed by atoms with Crippen molar-refractivity contribution in [3.63, 3.8) is 0 Å². The van der Waals surface area contributed by atoms with Crippen LogP contribution in [-0.2, 0) is 16.6 Å². The summed E-state index contributed by atoms with van der Waals surface area (Å²) in [5, 5.41) is 8.48. The summed E-state index contributed by atoms with van der Waals surface area (Å²) in [5.41, 5.74) is 0.497. The summed E-state index contributed by atoms with van der Waals surface area (Å²) in [5.74, 6) is 0.975. The van der Waals surface area contributed by atoms with E-state index >= 15 is 0 Å². The van der Waals surface area contributed by atoms with Gasteiger partial charge >= 0.3 is 0 Å². The van der Waals surface area contributed by atoms with E-state index in [1.165, 1.54) is 6.07 Å². The molecule has 0 spiro atoms. The molecule has 1 saturated heterocycles. The number of ether oxygens (including phenoxy) is 1. The van der Waals surface area contributed by atoms with Gasteiger partial charge in [0.2, 0.25) is 11.8 Å². The summed E-state index contributed by atoms with van der Waals surface area (Å²) in [4.78, 5) is 2.20. The third-order valence-corrected chi connectivity index (χ3v) is 4.95. The Labute approximate surface area is 140 Å². The average Bonchev–Trinajstić information content (AvgIpc) is 3.14. The van der Waals surface area contributed by atoms with Gasteiger partial charge in [0.25, 0.3) is 0 Å². The first-order valence-corrected chi connectivity index (χ1v) is 8.47. The van der Waals surface area contributed by atoms with Crippen molar-refractivity contribution in [1.29, 1.82) is 0 Å². The zero-order chi connectivity index (χ0) is 16.7. The molecule has 6 heteroatoms. The fourth-order valence-corrected chi connectivity index (χ4v) is 3.50. The van der Waals surface area contributed by atoms with Crippen molar-refractivity contribution in [2.75, 3.05) is 20.1 Å². The quantitative estimate of drug-likeness (QED) is 0.862. The zero-order valence-corrected chi connectivity index (χ0v) is 14.0. The predicted octanol–water partition coefficient (Wildman–Crippen LogP) is 2.87. The predicted molar refractivity (Wildman–Crippen MR) is 86.1 cm³/mol. The van der Waals surface area contributed by atoms with Gasteiger partial charge in [-0.2, -0.15) is 0 Å². The lowest BCUT2D eigenvalue weighted by Gasteiger charge is -2.32. The number of benzene rings is 1. The van der Waals surface area contributed by atoms with Crippen LogP contribution in [0.15, 0.2) is 28.7 Å². The molecule has 0 unspecified atom stereocenters. The molecule has 2 aromatic rings. The molecule has 1 aliphatic carbocycles. The summed E-state index contributed by atoms with van der Waals surface area (Å²) < 4.78 is 25.8. The Morgan fingerprint density at radius 1 is 1.25 bits per heavy atom. The van der Waals surface area contributed by atoms with Crippen LogP contribution in [0.2, 0.25) is 0 Å². The minimum Gasteiger partial charge on any atom is -0.422 e. The highest BCUT2D eigenvalue weighted by molar-refractivity contribution is 5.26. The SMILES string of the molecule is C[C@@H]1CN(C)C[C@H](c2nnc(C3(Cc4ccccc4F)CC3)o2)O1. The van der Waals surface area contributed by atoms with E-state index in [4.69, 9.17) is 9.15 Å². The van der Waals surface area contributed by atoms with Crippen molar-refractivity contribution in [2.24, 2.45) is 0 Å². The number of nitrogens with zero attached hydrogens (tertiary/aromatic N) is 3. The van der Waals surface area contributed by atoms with Crippen molar-refractivity contribution in [3.8, 4) is 0 Å². The van der Waals surface area contributed by atoms with Crippen molar-refractivity contribution in [2.45, 2.75) is 43.8 Å². The van der Waals surface area contributed by atoms with Gasteiger partial charge in [-0.05, 0) is 44.9 Å². The largest absolute Gasteiger partial charge is 0.422 e. The fraction of sp³-hybridized carbons (Fsp3) is 0.556. The van der Waals surface area contributed by atoms with Gasteiger partial charge in [0.15, 0.2) is 0 Å². The molecular formula is C18H22FN3O2. The first-order valence-electron chi connectivity index (χ1n) is 8.47. The third-order valence-electron chi connectivity index (χ3n) is 4.95. The average molecular weight is 331 g/mol.